The first-order chi connectivity index (χ1) is 13.6. The predicted molar refractivity (Wildman–Crippen MR) is 100 cm³/mol. The minimum Gasteiger partial charge on any atom is -0.396 e. The number of benzene rings is 1. The number of H-pyrrole nitrogens is 1. The summed E-state index contributed by atoms with van der Waals surface area (Å²) >= 11 is 0. The molecule has 0 saturated carbocycles. The van der Waals surface area contributed by atoms with Crippen LogP contribution in [0.1, 0.15) is 47.6 Å². The average molecular weight is 386 g/mol. The third kappa shape index (κ3) is 3.35. The van der Waals surface area contributed by atoms with Gasteiger partial charge in [0.15, 0.2) is 17.2 Å². The number of ketones is 1. The first-order valence-electron chi connectivity index (χ1n) is 9.28. The number of aromatic amines is 1. The zero-order chi connectivity index (χ0) is 19.7. The van der Waals surface area contributed by atoms with Gasteiger partial charge in [-0.15, -0.1) is 0 Å². The molecule has 3 heterocycles. The molecule has 0 spiro atoms. The number of anilines is 1. The molecule has 1 saturated heterocycles. The molecule has 1 fully saturated rings. The molecule has 1 atom stereocenters. The summed E-state index contributed by atoms with van der Waals surface area (Å²) in [6.45, 7) is 0.594. The van der Waals surface area contributed by atoms with Gasteiger partial charge in [-0.05, 0) is 43.5 Å². The second kappa shape index (κ2) is 7.63. The van der Waals surface area contributed by atoms with E-state index in [9.17, 15) is 13.6 Å². The standard InChI is InChI=1S/C20H20F2N4O2/c21-13-5-6-16(22)14(10-13)17-3-1-7-26(17)20-15-9-12(18(28)4-2-8-27)11-23-19(15)24-25-20/h5-6,9-11,17,27H,1-4,7-8H2,(H,23,24,25)/t17-/m1/s1. The number of carbonyl (C=O) groups is 1. The van der Waals surface area contributed by atoms with E-state index < -0.39 is 11.6 Å². The van der Waals surface area contributed by atoms with E-state index in [0.717, 1.165) is 18.6 Å². The van der Waals surface area contributed by atoms with Crippen molar-refractivity contribution in [1.82, 2.24) is 15.2 Å². The fourth-order valence-corrected chi connectivity index (χ4v) is 3.76. The van der Waals surface area contributed by atoms with Gasteiger partial charge in [-0.2, -0.15) is 5.10 Å². The zero-order valence-electron chi connectivity index (χ0n) is 15.2. The summed E-state index contributed by atoms with van der Waals surface area (Å²) in [5.41, 5.74) is 1.27. The highest BCUT2D eigenvalue weighted by Gasteiger charge is 2.31. The maximum atomic E-state index is 14.3. The number of hydrogen-bond acceptors (Lipinski definition) is 5. The lowest BCUT2D eigenvalue weighted by Crippen LogP contribution is -2.24. The molecule has 0 aliphatic carbocycles. The minimum absolute atomic E-state index is 0.0486. The number of carbonyl (C=O) groups excluding carboxylic acids is 1. The largest absolute Gasteiger partial charge is 0.396 e. The van der Waals surface area contributed by atoms with Gasteiger partial charge < -0.3 is 10.0 Å². The molecule has 0 radical (unpaired) electrons. The van der Waals surface area contributed by atoms with Crippen LogP contribution in [0, 0.1) is 11.6 Å². The molecule has 0 amide bonds. The molecule has 1 aliphatic rings. The Balaban J connectivity index is 1.71. The van der Waals surface area contributed by atoms with E-state index in [0.29, 0.717) is 47.4 Å². The quantitative estimate of drug-likeness (QED) is 0.634. The molecule has 4 rings (SSSR count). The van der Waals surface area contributed by atoms with Gasteiger partial charge >= 0.3 is 0 Å². The summed E-state index contributed by atoms with van der Waals surface area (Å²) in [7, 11) is 0. The molecule has 2 N–H and O–H groups in total. The number of halogens is 2. The van der Waals surface area contributed by atoms with Crippen molar-refractivity contribution in [3.8, 4) is 0 Å². The summed E-state index contributed by atoms with van der Waals surface area (Å²) in [6, 6.07) is 4.86. The van der Waals surface area contributed by atoms with Crippen LogP contribution in [-0.4, -0.2) is 39.2 Å². The predicted octanol–water partition coefficient (Wildman–Crippen LogP) is 3.53. The first-order valence-corrected chi connectivity index (χ1v) is 9.28. The molecular formula is C20H20F2N4O2. The fraction of sp³-hybridized carbons (Fsp3) is 0.350. The number of aliphatic hydroxyl groups is 1. The lowest BCUT2D eigenvalue weighted by molar-refractivity contribution is 0.0971. The van der Waals surface area contributed by atoms with Crippen molar-refractivity contribution in [2.24, 2.45) is 0 Å². The Hall–Kier alpha value is -2.87. The fourth-order valence-electron chi connectivity index (χ4n) is 3.76. The molecule has 3 aromatic rings. The maximum Gasteiger partial charge on any atom is 0.164 e. The van der Waals surface area contributed by atoms with Crippen molar-refractivity contribution >= 4 is 22.6 Å². The summed E-state index contributed by atoms with van der Waals surface area (Å²) < 4.78 is 28.0. The number of nitrogens with one attached hydrogen (secondary N) is 1. The van der Waals surface area contributed by atoms with Crippen molar-refractivity contribution in [1.29, 1.82) is 0 Å². The van der Waals surface area contributed by atoms with E-state index in [1.54, 1.807) is 6.07 Å². The zero-order valence-corrected chi connectivity index (χ0v) is 15.2. The molecule has 0 bridgehead atoms. The van der Waals surface area contributed by atoms with Gasteiger partial charge in [0, 0.05) is 36.9 Å². The highest BCUT2D eigenvalue weighted by Crippen LogP contribution is 2.39. The second-order valence-corrected chi connectivity index (χ2v) is 6.93. The SMILES string of the molecule is O=C(CCCO)c1cnc2[nH]nc(N3CCC[C@@H]3c3cc(F)ccc3F)c2c1. The van der Waals surface area contributed by atoms with Gasteiger partial charge in [0.1, 0.15) is 11.6 Å². The smallest absolute Gasteiger partial charge is 0.164 e. The molecule has 0 unspecified atom stereocenters. The van der Waals surface area contributed by atoms with E-state index in [2.05, 4.69) is 15.2 Å². The number of rotatable bonds is 6. The Morgan fingerprint density at radius 2 is 2.18 bits per heavy atom. The van der Waals surface area contributed by atoms with E-state index in [-0.39, 0.29) is 24.9 Å². The van der Waals surface area contributed by atoms with E-state index >= 15 is 0 Å². The van der Waals surface area contributed by atoms with Gasteiger partial charge in [0.25, 0.3) is 0 Å². The molecule has 8 heteroatoms. The summed E-state index contributed by atoms with van der Waals surface area (Å²) in [5, 5.41) is 16.8. The van der Waals surface area contributed by atoms with E-state index in [1.165, 1.54) is 12.3 Å². The van der Waals surface area contributed by atoms with Crippen molar-refractivity contribution in [3.63, 3.8) is 0 Å². The maximum absolute atomic E-state index is 14.3. The Labute approximate surface area is 160 Å². The second-order valence-electron chi connectivity index (χ2n) is 6.93. The number of fused-ring (bicyclic) bond motifs is 1. The average Bonchev–Trinajstić information content (AvgIpc) is 3.33. The number of aliphatic hydroxyl groups excluding tert-OH is 1. The first kappa shape index (κ1) is 18.5. The van der Waals surface area contributed by atoms with Crippen LogP contribution in [0.25, 0.3) is 11.0 Å². The highest BCUT2D eigenvalue weighted by molar-refractivity contribution is 6.00. The molecule has 1 aromatic carbocycles. The summed E-state index contributed by atoms with van der Waals surface area (Å²) in [4.78, 5) is 18.5. The van der Waals surface area contributed by atoms with Crippen LogP contribution in [0.5, 0.6) is 0 Å². The molecule has 1 aliphatic heterocycles. The minimum atomic E-state index is -0.478. The third-order valence-electron chi connectivity index (χ3n) is 5.12. The number of pyridine rings is 1. The number of aromatic nitrogens is 3. The third-order valence-corrected chi connectivity index (χ3v) is 5.12. The highest BCUT2D eigenvalue weighted by atomic mass is 19.1. The summed E-state index contributed by atoms with van der Waals surface area (Å²) in [6.07, 6.45) is 3.60. The normalized spacial score (nSPS) is 16.8. The lowest BCUT2D eigenvalue weighted by atomic mass is 10.0. The van der Waals surface area contributed by atoms with Gasteiger partial charge in [-0.3, -0.25) is 9.89 Å². The Kier molecular flexibility index (Phi) is 5.04. The monoisotopic (exact) mass is 386 g/mol. The van der Waals surface area contributed by atoms with Crippen LogP contribution in [0.15, 0.2) is 30.5 Å². The topological polar surface area (TPSA) is 82.1 Å². The lowest BCUT2D eigenvalue weighted by Gasteiger charge is -2.25. The van der Waals surface area contributed by atoms with Gasteiger partial charge in [-0.1, -0.05) is 0 Å². The molecule has 28 heavy (non-hydrogen) atoms. The van der Waals surface area contributed by atoms with Gasteiger partial charge in [0.2, 0.25) is 0 Å². The van der Waals surface area contributed by atoms with Crippen molar-refractivity contribution in [2.75, 3.05) is 18.1 Å². The van der Waals surface area contributed by atoms with Crippen LogP contribution in [0.4, 0.5) is 14.6 Å². The molecule has 2 aromatic heterocycles. The summed E-state index contributed by atoms with van der Waals surface area (Å²) in [5.74, 6) is -0.458. The molecular weight excluding hydrogens is 366 g/mol. The van der Waals surface area contributed by atoms with Crippen LogP contribution < -0.4 is 4.90 Å². The van der Waals surface area contributed by atoms with Crippen LogP contribution >= 0.6 is 0 Å². The van der Waals surface area contributed by atoms with Crippen molar-refractivity contribution in [2.45, 2.75) is 31.7 Å². The number of hydrogen-bond donors (Lipinski definition) is 2. The van der Waals surface area contributed by atoms with E-state index in [4.69, 9.17) is 5.11 Å². The Morgan fingerprint density at radius 1 is 1.32 bits per heavy atom. The van der Waals surface area contributed by atoms with Crippen molar-refractivity contribution < 1.29 is 18.7 Å². The van der Waals surface area contributed by atoms with Gasteiger partial charge in [-0.25, -0.2) is 13.8 Å². The van der Waals surface area contributed by atoms with E-state index in [1.807, 2.05) is 4.90 Å². The molecule has 6 nitrogen and oxygen atoms in total. The molecule has 146 valence electrons. The van der Waals surface area contributed by atoms with Crippen LogP contribution in [0.2, 0.25) is 0 Å². The van der Waals surface area contributed by atoms with Gasteiger partial charge in [0.05, 0.1) is 11.4 Å². The van der Waals surface area contributed by atoms with Crippen molar-refractivity contribution in [3.05, 3.63) is 53.2 Å². The Morgan fingerprint density at radius 3 is 3.00 bits per heavy atom. The number of nitrogens with zero attached hydrogens (tertiary/aromatic N) is 3. The number of Topliss-reactive ketones (excluding diaryl/α,β-unsaturated/α-hetero) is 1. The van der Waals surface area contributed by atoms with Crippen LogP contribution in [0.3, 0.4) is 0 Å². The Bertz CT molecular complexity index is 1020. The van der Waals surface area contributed by atoms with Crippen LogP contribution in [-0.2, 0) is 0 Å².